The highest BCUT2D eigenvalue weighted by Gasteiger charge is 2.58. The first-order valence-electron chi connectivity index (χ1n) is 13.2. The summed E-state index contributed by atoms with van der Waals surface area (Å²) in [5.41, 5.74) is 1.46. The molecular weight excluding hydrogens is 664 g/mol. The molecular formula is C31H32F3IN2O3S. The summed E-state index contributed by atoms with van der Waals surface area (Å²) in [4.78, 5) is 30.3. The van der Waals surface area contributed by atoms with Crippen molar-refractivity contribution >= 4 is 46.2 Å². The van der Waals surface area contributed by atoms with Crippen LogP contribution in [0.25, 0.3) is 0 Å². The van der Waals surface area contributed by atoms with Gasteiger partial charge in [-0.05, 0) is 76.4 Å². The fourth-order valence-corrected chi connectivity index (χ4v) is 7.33. The van der Waals surface area contributed by atoms with Crippen LogP contribution in [0.1, 0.15) is 54.1 Å². The van der Waals surface area contributed by atoms with E-state index in [4.69, 9.17) is 0 Å². The highest BCUT2D eigenvalue weighted by atomic mass is 127. The number of thioether (sulfide) groups is 1. The fourth-order valence-electron chi connectivity index (χ4n) is 5.03. The van der Waals surface area contributed by atoms with Gasteiger partial charge in [-0.3, -0.25) is 9.59 Å². The molecule has 10 heteroatoms. The minimum absolute atomic E-state index is 0.0425. The van der Waals surface area contributed by atoms with E-state index in [0.29, 0.717) is 21.2 Å². The largest absolute Gasteiger partial charge is 0.416 e. The van der Waals surface area contributed by atoms with E-state index in [2.05, 4.69) is 27.9 Å². The van der Waals surface area contributed by atoms with E-state index >= 15 is 0 Å². The van der Waals surface area contributed by atoms with E-state index < -0.39 is 28.4 Å². The lowest BCUT2D eigenvalue weighted by Crippen LogP contribution is -2.49. The third kappa shape index (κ3) is 6.91. The summed E-state index contributed by atoms with van der Waals surface area (Å²) in [6.45, 7) is 5.76. The van der Waals surface area contributed by atoms with Gasteiger partial charge in [-0.2, -0.15) is 13.2 Å². The van der Waals surface area contributed by atoms with E-state index in [9.17, 15) is 27.9 Å². The molecule has 0 unspecified atom stereocenters. The number of nitrogens with one attached hydrogen (secondary N) is 1. The number of carbonyl (C=O) groups is 2. The zero-order chi connectivity index (χ0) is 29.9. The van der Waals surface area contributed by atoms with Gasteiger partial charge in [-0.25, -0.2) is 0 Å². The number of carbonyl (C=O) groups excluding carboxylic acids is 2. The van der Waals surface area contributed by atoms with E-state index in [0.717, 1.165) is 16.5 Å². The number of nitrogens with zero attached hydrogens (tertiary/aromatic N) is 1. The Morgan fingerprint density at radius 3 is 2.44 bits per heavy atom. The Morgan fingerprint density at radius 1 is 1.15 bits per heavy atom. The number of rotatable bonds is 9. The number of hydrogen-bond donors (Lipinski definition) is 2. The van der Waals surface area contributed by atoms with E-state index in [-0.39, 0.29) is 37.0 Å². The van der Waals surface area contributed by atoms with Gasteiger partial charge in [0, 0.05) is 21.6 Å². The van der Waals surface area contributed by atoms with Gasteiger partial charge in [0.05, 0.1) is 24.6 Å². The lowest BCUT2D eigenvalue weighted by molar-refractivity contribution is -0.139. The Balaban J connectivity index is 1.91. The first-order chi connectivity index (χ1) is 19.4. The quantitative estimate of drug-likeness (QED) is 0.240. The molecule has 1 fully saturated rings. The second-order valence-corrected chi connectivity index (χ2v) is 13.2. The maximum atomic E-state index is 14.2. The molecule has 3 aromatic carbocycles. The van der Waals surface area contributed by atoms with Gasteiger partial charge < -0.3 is 15.3 Å². The number of likely N-dealkylation sites (tertiary alicyclic amines) is 1. The van der Waals surface area contributed by atoms with Gasteiger partial charge >= 0.3 is 6.18 Å². The van der Waals surface area contributed by atoms with Crippen LogP contribution in [0.2, 0.25) is 0 Å². The molecule has 0 bridgehead atoms. The van der Waals surface area contributed by atoms with Gasteiger partial charge in [0.25, 0.3) is 0 Å². The molecule has 1 aliphatic heterocycles. The van der Waals surface area contributed by atoms with Crippen molar-refractivity contribution in [2.24, 2.45) is 5.92 Å². The van der Waals surface area contributed by atoms with Crippen LogP contribution in [0.3, 0.4) is 0 Å². The Hall–Kier alpha value is -2.57. The summed E-state index contributed by atoms with van der Waals surface area (Å²) in [6.07, 6.45) is -4.79. The molecule has 1 saturated heterocycles. The van der Waals surface area contributed by atoms with Gasteiger partial charge in [-0.15, -0.1) is 11.8 Å². The Kier molecular flexibility index (Phi) is 9.75. The lowest BCUT2D eigenvalue weighted by Gasteiger charge is -2.37. The van der Waals surface area contributed by atoms with Crippen LogP contribution in [0.15, 0.2) is 71.6 Å². The molecule has 2 amide bonds. The molecule has 4 rings (SSSR count). The van der Waals surface area contributed by atoms with Crippen molar-refractivity contribution < 1.29 is 27.9 Å². The molecule has 3 aromatic rings. The number of amides is 2. The minimum atomic E-state index is -4.60. The first kappa shape index (κ1) is 31.4. The molecule has 0 radical (unpaired) electrons. The number of halogens is 4. The number of aliphatic hydroxyl groups is 1. The van der Waals surface area contributed by atoms with Crippen molar-refractivity contribution in [3.8, 4) is 0 Å². The van der Waals surface area contributed by atoms with Gasteiger partial charge in [-0.1, -0.05) is 61.9 Å². The number of hydrogen-bond acceptors (Lipinski definition) is 4. The Morgan fingerprint density at radius 2 is 1.83 bits per heavy atom. The predicted octanol–water partition coefficient (Wildman–Crippen LogP) is 6.89. The summed E-state index contributed by atoms with van der Waals surface area (Å²) in [6, 6.07) is 17.2. The van der Waals surface area contributed by atoms with Crippen molar-refractivity contribution in [1.29, 1.82) is 0 Å². The molecule has 1 aliphatic rings. The van der Waals surface area contributed by atoms with Gasteiger partial charge in [0.2, 0.25) is 11.8 Å². The topological polar surface area (TPSA) is 69.6 Å². The molecule has 0 saturated carbocycles. The van der Waals surface area contributed by atoms with Crippen molar-refractivity contribution in [3.05, 3.63) is 98.1 Å². The monoisotopic (exact) mass is 696 g/mol. The smallest absolute Gasteiger partial charge is 0.392 e. The summed E-state index contributed by atoms with van der Waals surface area (Å²) in [5, 5.41) is 12.7. The van der Waals surface area contributed by atoms with Crippen molar-refractivity contribution in [1.82, 2.24) is 10.2 Å². The highest BCUT2D eigenvalue weighted by Crippen LogP contribution is 2.54. The van der Waals surface area contributed by atoms with Crippen molar-refractivity contribution in [2.75, 3.05) is 6.54 Å². The molecule has 1 heterocycles. The SMILES string of the molecule is Cc1ccc(S[C@]2(C(=O)NCC(C)C)CC(=O)N(Cc3ccccc3C(F)(F)F)[C@@H]2c2ccc(CO)cc2I)cc1. The Labute approximate surface area is 256 Å². The van der Waals surface area contributed by atoms with Crippen LogP contribution in [-0.4, -0.2) is 33.1 Å². The second kappa shape index (κ2) is 12.7. The second-order valence-electron chi connectivity index (χ2n) is 10.7. The molecule has 41 heavy (non-hydrogen) atoms. The molecule has 0 aromatic heterocycles. The molecule has 2 atom stereocenters. The average Bonchev–Trinajstić information content (AvgIpc) is 3.19. The standard InChI is InChI=1S/C31H32F3IN2O3S/c1-19(2)16-36-29(40)30(41-23-11-8-20(3)9-12-23)15-27(39)37(17-22-6-4-5-7-25(22)31(32,33)34)28(30)24-13-10-21(18-38)14-26(24)35/h4-14,19,28,38H,15-18H2,1-3H3,(H,36,40)/t28-,30-/m1/s1. The third-order valence-corrected chi connectivity index (χ3v) is 9.43. The number of benzene rings is 3. The summed E-state index contributed by atoms with van der Waals surface area (Å²) >= 11 is 3.37. The van der Waals surface area contributed by atoms with E-state index in [1.165, 1.54) is 34.9 Å². The van der Waals surface area contributed by atoms with Crippen LogP contribution in [0.4, 0.5) is 13.2 Å². The van der Waals surface area contributed by atoms with Gasteiger partial charge in [0.1, 0.15) is 4.75 Å². The minimum Gasteiger partial charge on any atom is -0.392 e. The number of alkyl halides is 3. The highest BCUT2D eigenvalue weighted by molar-refractivity contribution is 14.1. The number of aryl methyl sites for hydroxylation is 1. The van der Waals surface area contributed by atoms with Crippen LogP contribution in [0.5, 0.6) is 0 Å². The molecule has 0 aliphatic carbocycles. The van der Waals surface area contributed by atoms with Crippen LogP contribution >= 0.6 is 34.4 Å². The van der Waals surface area contributed by atoms with Gasteiger partial charge in [0.15, 0.2) is 0 Å². The molecule has 2 N–H and O–H groups in total. The predicted molar refractivity (Wildman–Crippen MR) is 162 cm³/mol. The van der Waals surface area contributed by atoms with Crippen molar-refractivity contribution in [3.63, 3.8) is 0 Å². The summed E-state index contributed by atoms with van der Waals surface area (Å²) < 4.78 is 41.2. The molecule has 5 nitrogen and oxygen atoms in total. The third-order valence-electron chi connectivity index (χ3n) is 7.07. The summed E-state index contributed by atoms with van der Waals surface area (Å²) in [7, 11) is 0. The average molecular weight is 697 g/mol. The maximum absolute atomic E-state index is 14.2. The zero-order valence-electron chi connectivity index (χ0n) is 23.0. The Bertz CT molecular complexity index is 1410. The molecule has 218 valence electrons. The maximum Gasteiger partial charge on any atom is 0.416 e. The first-order valence-corrected chi connectivity index (χ1v) is 15.1. The summed E-state index contributed by atoms with van der Waals surface area (Å²) in [5.74, 6) is -0.605. The lowest BCUT2D eigenvalue weighted by atomic mass is 9.90. The van der Waals surface area contributed by atoms with E-state index in [1.807, 2.05) is 45.0 Å². The number of aliphatic hydroxyl groups excluding tert-OH is 1. The van der Waals surface area contributed by atoms with E-state index in [1.54, 1.807) is 18.2 Å². The molecule has 0 spiro atoms. The zero-order valence-corrected chi connectivity index (χ0v) is 25.9. The van der Waals surface area contributed by atoms with Crippen LogP contribution in [0, 0.1) is 16.4 Å². The normalized spacial score (nSPS) is 19.2. The van der Waals surface area contributed by atoms with Crippen molar-refractivity contribution in [2.45, 2.75) is 62.2 Å². The van der Waals surface area contributed by atoms with Crippen LogP contribution < -0.4 is 5.32 Å². The fraction of sp³-hybridized carbons (Fsp3) is 0.355. The van der Waals surface area contributed by atoms with Crippen LogP contribution in [-0.2, 0) is 28.9 Å².